The van der Waals surface area contributed by atoms with E-state index in [4.69, 9.17) is 10.8 Å². The lowest BCUT2D eigenvalue weighted by atomic mass is 9.89. The van der Waals surface area contributed by atoms with E-state index in [1.165, 1.54) is 37.9 Å². The molecule has 4 aromatic rings. The molecule has 110 valence electrons. The summed E-state index contributed by atoms with van der Waals surface area (Å²) < 4.78 is 0. The van der Waals surface area contributed by atoms with Gasteiger partial charge in [0.25, 0.3) is 0 Å². The van der Waals surface area contributed by atoms with Crippen LogP contribution in [-0.4, -0.2) is 11.7 Å². The normalized spacial score (nSPS) is 13.4. The lowest BCUT2D eigenvalue weighted by Gasteiger charge is -2.17. The van der Waals surface area contributed by atoms with Crippen molar-refractivity contribution in [3.63, 3.8) is 0 Å². The minimum Gasteiger partial charge on any atom is -0.396 e. The Balaban J connectivity index is 2.04. The van der Waals surface area contributed by atoms with Gasteiger partial charge in [0.05, 0.1) is 0 Å². The van der Waals surface area contributed by atoms with Crippen molar-refractivity contribution in [3.8, 4) is 0 Å². The number of aliphatic hydroxyl groups is 1. The van der Waals surface area contributed by atoms with Crippen molar-refractivity contribution in [2.45, 2.75) is 18.9 Å². The molecule has 4 rings (SSSR count). The predicted octanol–water partition coefficient (Wildman–Crippen LogP) is 4.36. The molecule has 0 saturated heterocycles. The molecule has 0 amide bonds. The van der Waals surface area contributed by atoms with Gasteiger partial charge in [0.1, 0.15) is 0 Å². The molecule has 22 heavy (non-hydrogen) atoms. The second-order valence-corrected chi connectivity index (χ2v) is 5.98. The largest absolute Gasteiger partial charge is 0.396 e. The van der Waals surface area contributed by atoms with Crippen molar-refractivity contribution in [3.05, 3.63) is 60.2 Å². The highest BCUT2D eigenvalue weighted by Crippen LogP contribution is 2.37. The van der Waals surface area contributed by atoms with E-state index in [0.717, 1.165) is 12.8 Å². The molecule has 2 heteroatoms. The summed E-state index contributed by atoms with van der Waals surface area (Å²) >= 11 is 0. The Bertz CT molecular complexity index is 928. The van der Waals surface area contributed by atoms with E-state index >= 15 is 0 Å². The lowest BCUT2D eigenvalue weighted by Crippen LogP contribution is -2.11. The Hall–Kier alpha value is -2.16. The monoisotopic (exact) mass is 289 g/mol. The average Bonchev–Trinajstić information content (AvgIpc) is 2.57. The Labute approximate surface area is 129 Å². The first-order valence-electron chi connectivity index (χ1n) is 7.82. The highest BCUT2D eigenvalue weighted by Gasteiger charge is 2.14. The van der Waals surface area contributed by atoms with Gasteiger partial charge in [-0.2, -0.15) is 0 Å². The predicted molar refractivity (Wildman–Crippen MR) is 93.4 cm³/mol. The molecular weight excluding hydrogens is 270 g/mol. The summed E-state index contributed by atoms with van der Waals surface area (Å²) in [5.74, 6) is 0. The van der Waals surface area contributed by atoms with Crippen LogP contribution < -0.4 is 5.73 Å². The van der Waals surface area contributed by atoms with Crippen LogP contribution in [0, 0.1) is 0 Å². The molecule has 1 atom stereocenters. The van der Waals surface area contributed by atoms with Crippen molar-refractivity contribution in [2.24, 2.45) is 5.73 Å². The molecule has 4 aromatic carbocycles. The van der Waals surface area contributed by atoms with Crippen molar-refractivity contribution in [2.75, 3.05) is 6.61 Å². The number of benzene rings is 4. The molecular formula is C20H19NO. The van der Waals surface area contributed by atoms with Crippen LogP contribution in [0.3, 0.4) is 0 Å². The van der Waals surface area contributed by atoms with Gasteiger partial charge in [-0.1, -0.05) is 54.6 Å². The third kappa shape index (κ3) is 1.96. The van der Waals surface area contributed by atoms with Gasteiger partial charge in [-0.05, 0) is 50.7 Å². The van der Waals surface area contributed by atoms with E-state index in [9.17, 15) is 0 Å². The third-order valence-electron chi connectivity index (χ3n) is 4.64. The maximum Gasteiger partial charge on any atom is 0.0431 e. The molecule has 0 aromatic heterocycles. The first-order valence-corrected chi connectivity index (χ1v) is 7.82. The van der Waals surface area contributed by atoms with Gasteiger partial charge < -0.3 is 10.8 Å². The fourth-order valence-corrected chi connectivity index (χ4v) is 3.55. The van der Waals surface area contributed by atoms with Gasteiger partial charge in [-0.15, -0.1) is 0 Å². The van der Waals surface area contributed by atoms with Gasteiger partial charge in [0, 0.05) is 12.6 Å². The van der Waals surface area contributed by atoms with Crippen molar-refractivity contribution in [1.82, 2.24) is 0 Å². The molecule has 0 bridgehead atoms. The fraction of sp³-hybridized carbons (Fsp3) is 0.200. The Morgan fingerprint density at radius 3 is 2.18 bits per heavy atom. The number of rotatable bonds is 4. The third-order valence-corrected chi connectivity index (χ3v) is 4.64. The van der Waals surface area contributed by atoms with Crippen molar-refractivity contribution in [1.29, 1.82) is 0 Å². The molecule has 2 nitrogen and oxygen atoms in total. The summed E-state index contributed by atoms with van der Waals surface area (Å²) in [7, 11) is 0. The maximum absolute atomic E-state index is 9.04. The Kier molecular flexibility index (Phi) is 3.21. The van der Waals surface area contributed by atoms with E-state index in [2.05, 4.69) is 54.6 Å². The molecule has 0 unspecified atom stereocenters. The first-order chi connectivity index (χ1) is 10.8. The molecule has 0 spiro atoms. The number of hydrogen-bond acceptors (Lipinski definition) is 2. The van der Waals surface area contributed by atoms with Crippen molar-refractivity contribution >= 4 is 32.3 Å². The SMILES string of the molecule is N[C@@H](CCCO)c1ccc2ccc3cccc4ccc1c2c34. The quantitative estimate of drug-likeness (QED) is 0.548. The summed E-state index contributed by atoms with van der Waals surface area (Å²) in [6, 6.07) is 19.5. The van der Waals surface area contributed by atoms with Gasteiger partial charge >= 0.3 is 0 Å². The Morgan fingerprint density at radius 1 is 0.818 bits per heavy atom. The van der Waals surface area contributed by atoms with Crippen LogP contribution in [0.4, 0.5) is 0 Å². The minimum atomic E-state index is -0.0308. The van der Waals surface area contributed by atoms with Gasteiger partial charge in [-0.25, -0.2) is 0 Å². The molecule has 0 fully saturated rings. The number of aliphatic hydroxyl groups excluding tert-OH is 1. The average molecular weight is 289 g/mol. The highest BCUT2D eigenvalue weighted by atomic mass is 16.2. The van der Waals surface area contributed by atoms with Crippen LogP contribution in [0.2, 0.25) is 0 Å². The highest BCUT2D eigenvalue weighted by molar-refractivity contribution is 6.23. The van der Waals surface area contributed by atoms with E-state index in [0.29, 0.717) is 0 Å². The van der Waals surface area contributed by atoms with E-state index in [-0.39, 0.29) is 12.6 Å². The molecule has 0 saturated carbocycles. The molecule has 0 heterocycles. The molecule has 0 radical (unpaired) electrons. The number of hydrogen-bond donors (Lipinski definition) is 2. The van der Waals surface area contributed by atoms with Crippen LogP contribution in [0.5, 0.6) is 0 Å². The summed E-state index contributed by atoms with van der Waals surface area (Å²) in [4.78, 5) is 0. The van der Waals surface area contributed by atoms with Crippen LogP contribution in [0.1, 0.15) is 24.4 Å². The molecule has 0 aliphatic carbocycles. The van der Waals surface area contributed by atoms with E-state index in [1.807, 2.05) is 0 Å². The van der Waals surface area contributed by atoms with Crippen molar-refractivity contribution < 1.29 is 5.11 Å². The van der Waals surface area contributed by atoms with Gasteiger partial charge in [-0.3, -0.25) is 0 Å². The molecule has 3 N–H and O–H groups in total. The molecule has 0 aliphatic heterocycles. The van der Waals surface area contributed by atoms with E-state index < -0.39 is 0 Å². The topological polar surface area (TPSA) is 46.2 Å². The van der Waals surface area contributed by atoms with E-state index in [1.54, 1.807) is 0 Å². The zero-order chi connectivity index (χ0) is 15.1. The zero-order valence-corrected chi connectivity index (χ0v) is 12.4. The second kappa shape index (κ2) is 5.24. The zero-order valence-electron chi connectivity index (χ0n) is 12.4. The second-order valence-electron chi connectivity index (χ2n) is 5.98. The standard InChI is InChI=1S/C20H19NO/c21-18(5-2-12-22)16-10-8-15-7-6-13-3-1-4-14-9-11-17(16)20(15)19(13)14/h1,3-4,6-11,18,22H,2,5,12,21H2/t18-/m0/s1. The van der Waals surface area contributed by atoms with Crippen LogP contribution in [0.25, 0.3) is 32.3 Å². The van der Waals surface area contributed by atoms with Gasteiger partial charge in [0.15, 0.2) is 0 Å². The smallest absolute Gasteiger partial charge is 0.0431 e. The lowest BCUT2D eigenvalue weighted by molar-refractivity contribution is 0.280. The summed E-state index contributed by atoms with van der Waals surface area (Å²) in [6.07, 6.45) is 1.55. The van der Waals surface area contributed by atoms with Crippen LogP contribution >= 0.6 is 0 Å². The fourth-order valence-electron chi connectivity index (χ4n) is 3.55. The van der Waals surface area contributed by atoms with Gasteiger partial charge in [0.2, 0.25) is 0 Å². The number of nitrogens with two attached hydrogens (primary N) is 1. The first kappa shape index (κ1) is 13.5. The van der Waals surface area contributed by atoms with Crippen LogP contribution in [0.15, 0.2) is 54.6 Å². The summed E-state index contributed by atoms with van der Waals surface area (Å²) in [5.41, 5.74) is 7.55. The van der Waals surface area contributed by atoms with Crippen LogP contribution in [-0.2, 0) is 0 Å². The summed E-state index contributed by atoms with van der Waals surface area (Å²) in [6.45, 7) is 0.194. The Morgan fingerprint density at radius 2 is 1.45 bits per heavy atom. The molecule has 0 aliphatic rings. The summed E-state index contributed by atoms with van der Waals surface area (Å²) in [5, 5.41) is 16.7. The maximum atomic E-state index is 9.04. The minimum absolute atomic E-state index is 0.0308.